The summed E-state index contributed by atoms with van der Waals surface area (Å²) in [7, 11) is 3.00. The lowest BCUT2D eigenvalue weighted by Gasteiger charge is -2.19. The van der Waals surface area contributed by atoms with Gasteiger partial charge >= 0.3 is 5.69 Å². The van der Waals surface area contributed by atoms with Gasteiger partial charge in [-0.15, -0.1) is 13.2 Å². The van der Waals surface area contributed by atoms with E-state index in [1.807, 2.05) is 0 Å². The Bertz CT molecular complexity index is 1150. The number of aromatic nitrogens is 4. The predicted octanol–water partition coefficient (Wildman–Crippen LogP) is 2.68. The van der Waals surface area contributed by atoms with E-state index in [9.17, 15) is 14.0 Å². The molecule has 154 valence electrons. The first kappa shape index (κ1) is 20.9. The van der Waals surface area contributed by atoms with Crippen molar-refractivity contribution in [2.45, 2.75) is 19.4 Å². The normalized spacial score (nSPS) is 13.6. The van der Waals surface area contributed by atoms with Crippen molar-refractivity contribution in [1.29, 1.82) is 0 Å². The van der Waals surface area contributed by atoms with Gasteiger partial charge in [-0.2, -0.15) is 4.98 Å². The van der Waals surface area contributed by atoms with Crippen molar-refractivity contribution in [3.8, 4) is 0 Å². The van der Waals surface area contributed by atoms with Gasteiger partial charge in [-0.1, -0.05) is 17.7 Å². The number of hydrogen-bond acceptors (Lipinski definition) is 4. The molecule has 1 aliphatic heterocycles. The van der Waals surface area contributed by atoms with Gasteiger partial charge in [0.2, 0.25) is 5.95 Å². The van der Waals surface area contributed by atoms with Crippen molar-refractivity contribution in [1.82, 2.24) is 18.7 Å². The van der Waals surface area contributed by atoms with Crippen molar-refractivity contribution in [2.75, 3.05) is 18.0 Å². The highest BCUT2D eigenvalue weighted by Crippen LogP contribution is 2.27. The third kappa shape index (κ3) is 3.48. The number of nitrogens with zero attached hydrogens (tertiary/aromatic N) is 5. The van der Waals surface area contributed by atoms with E-state index in [1.54, 1.807) is 17.7 Å². The molecule has 0 spiro atoms. The highest BCUT2D eigenvalue weighted by molar-refractivity contribution is 6.31. The Morgan fingerprint density at radius 3 is 2.41 bits per heavy atom. The minimum atomic E-state index is -0.460. The first-order valence-corrected chi connectivity index (χ1v) is 9.62. The third-order valence-corrected chi connectivity index (χ3v) is 5.45. The van der Waals surface area contributed by atoms with Crippen molar-refractivity contribution in [2.24, 2.45) is 14.1 Å². The number of rotatable bonds is 3. The molecule has 3 heterocycles. The van der Waals surface area contributed by atoms with Crippen LogP contribution in [0.5, 0.6) is 0 Å². The second-order valence-corrected chi connectivity index (χ2v) is 7.18. The number of anilines is 1. The van der Waals surface area contributed by atoms with Crippen LogP contribution in [0.4, 0.5) is 10.3 Å². The van der Waals surface area contributed by atoms with Crippen molar-refractivity contribution in [3.63, 3.8) is 0 Å². The lowest BCUT2D eigenvalue weighted by molar-refractivity contribution is 0.600. The summed E-state index contributed by atoms with van der Waals surface area (Å²) in [4.78, 5) is 31.8. The summed E-state index contributed by atoms with van der Waals surface area (Å²) in [5, 5.41) is 0.283. The zero-order valence-electron chi connectivity index (χ0n) is 16.5. The summed E-state index contributed by atoms with van der Waals surface area (Å²) in [6.45, 7) is 7.65. The monoisotopic (exact) mass is 419 g/mol. The number of halogens is 2. The van der Waals surface area contributed by atoms with Gasteiger partial charge in [0.25, 0.3) is 5.56 Å². The number of fused-ring (bicyclic) bond motifs is 1. The lowest BCUT2D eigenvalue weighted by atomic mass is 10.2. The number of benzene rings is 1. The molecule has 0 unspecified atom stereocenters. The Morgan fingerprint density at radius 1 is 1.14 bits per heavy atom. The maximum Gasteiger partial charge on any atom is 0.332 e. The van der Waals surface area contributed by atoms with Gasteiger partial charge in [0.15, 0.2) is 11.2 Å². The molecule has 0 saturated carbocycles. The van der Waals surface area contributed by atoms with Gasteiger partial charge < -0.3 is 4.90 Å². The molecule has 0 aliphatic carbocycles. The van der Waals surface area contributed by atoms with E-state index < -0.39 is 17.1 Å². The quantitative estimate of drug-likeness (QED) is 0.612. The smallest absolute Gasteiger partial charge is 0.332 e. The molecule has 9 heteroatoms. The number of aryl methyl sites for hydroxylation is 1. The highest BCUT2D eigenvalue weighted by Gasteiger charge is 2.25. The van der Waals surface area contributed by atoms with Crippen LogP contribution in [0.1, 0.15) is 18.4 Å². The molecule has 1 aromatic carbocycles. The minimum Gasteiger partial charge on any atom is -0.342 e. The Labute approximate surface area is 172 Å². The van der Waals surface area contributed by atoms with Crippen LogP contribution in [0.2, 0.25) is 5.02 Å². The van der Waals surface area contributed by atoms with Gasteiger partial charge in [-0.3, -0.25) is 18.5 Å². The zero-order valence-corrected chi connectivity index (χ0v) is 17.2. The van der Waals surface area contributed by atoms with Crippen LogP contribution in [-0.2, 0) is 20.6 Å². The van der Waals surface area contributed by atoms with Crippen molar-refractivity contribution < 1.29 is 4.39 Å². The Morgan fingerprint density at radius 2 is 1.79 bits per heavy atom. The molecule has 1 fully saturated rings. The second kappa shape index (κ2) is 8.24. The van der Waals surface area contributed by atoms with E-state index >= 15 is 0 Å². The van der Waals surface area contributed by atoms with E-state index in [-0.39, 0.29) is 28.3 Å². The van der Waals surface area contributed by atoms with Gasteiger partial charge in [-0.25, -0.2) is 9.18 Å². The fourth-order valence-corrected chi connectivity index (χ4v) is 3.81. The molecule has 0 atom stereocenters. The molecule has 4 rings (SSSR count). The molecule has 2 aromatic heterocycles. The molecule has 7 nitrogen and oxygen atoms in total. The van der Waals surface area contributed by atoms with Gasteiger partial charge in [0.1, 0.15) is 5.82 Å². The van der Waals surface area contributed by atoms with Gasteiger partial charge in [0.05, 0.1) is 6.54 Å². The zero-order chi connectivity index (χ0) is 21.3. The molecular formula is C20H23ClFN5O2. The topological polar surface area (TPSA) is 65.1 Å². The van der Waals surface area contributed by atoms with Crippen LogP contribution < -0.4 is 16.1 Å². The molecule has 0 radical (unpaired) electrons. The third-order valence-electron chi connectivity index (χ3n) is 5.09. The van der Waals surface area contributed by atoms with E-state index in [4.69, 9.17) is 11.6 Å². The maximum absolute atomic E-state index is 14.4. The molecule has 0 amide bonds. The predicted molar refractivity (Wildman–Crippen MR) is 113 cm³/mol. The molecular weight excluding hydrogens is 397 g/mol. The van der Waals surface area contributed by atoms with E-state index in [2.05, 4.69) is 23.0 Å². The minimum absolute atomic E-state index is 0.0568. The van der Waals surface area contributed by atoms with E-state index in [1.165, 1.54) is 23.7 Å². The second-order valence-electron chi connectivity index (χ2n) is 6.77. The largest absolute Gasteiger partial charge is 0.342 e. The number of imidazole rings is 1. The Balaban J connectivity index is 0.00000117. The fourth-order valence-electron chi connectivity index (χ4n) is 3.58. The average molecular weight is 420 g/mol. The molecule has 1 saturated heterocycles. The first-order valence-electron chi connectivity index (χ1n) is 9.24. The van der Waals surface area contributed by atoms with Gasteiger partial charge in [-0.05, 0) is 25.0 Å². The SMILES string of the molecule is C=C.Cn1c(=O)c2c(nc(N3CCCC3)n2Cc2c(F)cccc2Cl)n(C)c1=O. The highest BCUT2D eigenvalue weighted by atomic mass is 35.5. The van der Waals surface area contributed by atoms with Crippen LogP contribution in [-0.4, -0.2) is 31.8 Å². The molecule has 0 bridgehead atoms. The average Bonchev–Trinajstić information content (AvgIpc) is 3.37. The standard InChI is InChI=1S/C18H19ClFN5O2.C2H4/c1-22-15-14(16(26)23(2)18(22)27)25(17(21-15)24-8-3-4-9-24)10-11-12(19)6-5-7-13(11)20;1-2/h5-7H,3-4,8-10H2,1-2H3;1-2H2. The summed E-state index contributed by atoms with van der Waals surface area (Å²) in [6, 6.07) is 4.49. The number of hydrogen-bond donors (Lipinski definition) is 0. The molecule has 1 aliphatic rings. The summed E-state index contributed by atoms with van der Waals surface area (Å²) in [6.07, 6.45) is 2.03. The van der Waals surface area contributed by atoms with Crippen LogP contribution in [0, 0.1) is 5.82 Å². The van der Waals surface area contributed by atoms with Crippen LogP contribution in [0.3, 0.4) is 0 Å². The van der Waals surface area contributed by atoms with E-state index in [0.29, 0.717) is 5.95 Å². The van der Waals surface area contributed by atoms with E-state index in [0.717, 1.165) is 30.5 Å². The maximum atomic E-state index is 14.4. The Kier molecular flexibility index (Phi) is 5.93. The summed E-state index contributed by atoms with van der Waals surface area (Å²) in [5.74, 6) is 0.110. The van der Waals surface area contributed by atoms with Crippen LogP contribution >= 0.6 is 11.6 Å². The van der Waals surface area contributed by atoms with Crippen molar-refractivity contribution in [3.05, 3.63) is 68.6 Å². The lowest BCUT2D eigenvalue weighted by Crippen LogP contribution is -2.37. The first-order chi connectivity index (χ1) is 13.9. The summed E-state index contributed by atoms with van der Waals surface area (Å²) < 4.78 is 18.5. The van der Waals surface area contributed by atoms with Crippen LogP contribution in [0.25, 0.3) is 11.2 Å². The summed E-state index contributed by atoms with van der Waals surface area (Å²) in [5.41, 5.74) is -0.0688. The summed E-state index contributed by atoms with van der Waals surface area (Å²) >= 11 is 6.21. The van der Waals surface area contributed by atoms with Gasteiger partial charge in [0, 0.05) is 37.8 Å². The molecule has 3 aromatic rings. The molecule has 29 heavy (non-hydrogen) atoms. The Hall–Kier alpha value is -2.87. The fraction of sp³-hybridized carbons (Fsp3) is 0.350. The van der Waals surface area contributed by atoms with Crippen LogP contribution in [0.15, 0.2) is 40.9 Å². The molecule has 0 N–H and O–H groups in total. The van der Waals surface area contributed by atoms with Crippen molar-refractivity contribution >= 4 is 28.7 Å².